The van der Waals surface area contributed by atoms with Gasteiger partial charge in [-0.1, -0.05) is 0 Å². The predicted molar refractivity (Wildman–Crippen MR) is 70.8 cm³/mol. The van der Waals surface area contributed by atoms with E-state index in [1.807, 2.05) is 16.0 Å². The third kappa shape index (κ3) is 3.43. The fourth-order valence-electron chi connectivity index (χ4n) is 1.46. The van der Waals surface area contributed by atoms with Crippen LogP contribution < -0.4 is 5.43 Å². The van der Waals surface area contributed by atoms with Gasteiger partial charge in [0.1, 0.15) is 0 Å². The lowest BCUT2D eigenvalue weighted by Gasteiger charge is -2.02. The van der Waals surface area contributed by atoms with Crippen molar-refractivity contribution >= 4 is 23.4 Å². The molecule has 5 heteroatoms. The maximum atomic E-state index is 11.0. The quantitative estimate of drug-likeness (QED) is 0.857. The molecule has 18 heavy (non-hydrogen) atoms. The molecule has 92 valence electrons. The molecule has 2 aromatic rings. The number of thiophene rings is 1. The molecule has 0 radical (unpaired) electrons. The number of carboxylic acids is 1. The maximum Gasteiger partial charge on any atom is 0.328 e. The van der Waals surface area contributed by atoms with E-state index in [4.69, 9.17) is 5.11 Å². The topological polar surface area (TPSA) is 59.3 Å². The summed E-state index contributed by atoms with van der Waals surface area (Å²) < 4.78 is 1.90. The van der Waals surface area contributed by atoms with Gasteiger partial charge < -0.3 is 9.67 Å². The number of aromatic nitrogens is 1. The Kier molecular flexibility index (Phi) is 3.74. The van der Waals surface area contributed by atoms with E-state index in [1.165, 1.54) is 12.1 Å². The minimum Gasteiger partial charge on any atom is -0.478 e. The molecule has 0 saturated heterocycles. The summed E-state index contributed by atoms with van der Waals surface area (Å²) in [7, 11) is 0. The minimum atomic E-state index is -0.955. The summed E-state index contributed by atoms with van der Waals surface area (Å²) in [4.78, 5) is 22.4. The van der Waals surface area contributed by atoms with Gasteiger partial charge in [0.25, 0.3) is 0 Å². The normalized spacial score (nSPS) is 10.9. The molecule has 4 nitrogen and oxygen atoms in total. The van der Waals surface area contributed by atoms with Gasteiger partial charge >= 0.3 is 5.97 Å². The van der Waals surface area contributed by atoms with Crippen LogP contribution in [0.15, 0.2) is 46.8 Å². The molecule has 0 bridgehead atoms. The molecular weight excluding hydrogens is 250 g/mol. The van der Waals surface area contributed by atoms with Crippen molar-refractivity contribution in [2.45, 2.75) is 6.54 Å². The predicted octanol–water partition coefficient (Wildman–Crippen LogP) is 2.06. The second-order valence-electron chi connectivity index (χ2n) is 3.72. The maximum absolute atomic E-state index is 11.0. The standard InChI is InChI=1S/C13H11NO3S/c15-11-3-5-14(6-4-11)8-12-7-10(9-18-12)1-2-13(16)17/h1-7,9H,8H2,(H,16,17). The molecule has 0 spiro atoms. The second-order valence-corrected chi connectivity index (χ2v) is 4.72. The van der Waals surface area contributed by atoms with Crippen molar-refractivity contribution in [2.75, 3.05) is 0 Å². The van der Waals surface area contributed by atoms with Crippen LogP contribution in [0.3, 0.4) is 0 Å². The zero-order valence-electron chi connectivity index (χ0n) is 9.45. The SMILES string of the molecule is O=C(O)C=Cc1csc(Cn2ccc(=O)cc2)c1. The Morgan fingerprint density at radius 3 is 2.78 bits per heavy atom. The van der Waals surface area contributed by atoms with E-state index < -0.39 is 5.97 Å². The van der Waals surface area contributed by atoms with Crippen LogP contribution >= 0.6 is 11.3 Å². The molecule has 0 unspecified atom stereocenters. The Labute approximate surface area is 107 Å². The van der Waals surface area contributed by atoms with E-state index in [0.717, 1.165) is 16.5 Å². The number of aliphatic carboxylic acids is 1. The highest BCUT2D eigenvalue weighted by Crippen LogP contribution is 2.17. The molecule has 0 fully saturated rings. The van der Waals surface area contributed by atoms with Gasteiger partial charge in [0.15, 0.2) is 5.43 Å². The van der Waals surface area contributed by atoms with Crippen molar-refractivity contribution < 1.29 is 9.90 Å². The van der Waals surface area contributed by atoms with E-state index >= 15 is 0 Å². The first-order valence-corrected chi connectivity index (χ1v) is 6.16. The Balaban J connectivity index is 2.09. The van der Waals surface area contributed by atoms with E-state index in [2.05, 4.69) is 0 Å². The summed E-state index contributed by atoms with van der Waals surface area (Å²) in [6.07, 6.45) is 6.14. The van der Waals surface area contributed by atoms with Crippen molar-refractivity contribution in [3.8, 4) is 0 Å². The number of carbonyl (C=O) groups is 1. The first-order valence-electron chi connectivity index (χ1n) is 5.28. The molecular formula is C13H11NO3S. The largest absolute Gasteiger partial charge is 0.478 e. The van der Waals surface area contributed by atoms with Crippen LogP contribution in [0.1, 0.15) is 10.4 Å². The molecule has 0 aromatic carbocycles. The van der Waals surface area contributed by atoms with Crippen LogP contribution in [0.25, 0.3) is 6.08 Å². The molecule has 0 aliphatic rings. The molecule has 2 heterocycles. The number of hydrogen-bond acceptors (Lipinski definition) is 3. The third-order valence-electron chi connectivity index (χ3n) is 2.29. The van der Waals surface area contributed by atoms with Crippen LogP contribution in [-0.2, 0) is 11.3 Å². The molecule has 0 aliphatic carbocycles. The summed E-state index contributed by atoms with van der Waals surface area (Å²) in [5.41, 5.74) is 0.862. The van der Waals surface area contributed by atoms with E-state index in [1.54, 1.807) is 29.8 Å². The van der Waals surface area contributed by atoms with Gasteiger partial charge in [0, 0.05) is 35.5 Å². The summed E-state index contributed by atoms with van der Waals surface area (Å²) in [5, 5.41) is 10.4. The average Bonchev–Trinajstić information content (AvgIpc) is 2.77. The number of hydrogen-bond donors (Lipinski definition) is 1. The highest BCUT2D eigenvalue weighted by atomic mass is 32.1. The van der Waals surface area contributed by atoms with Gasteiger partial charge in [-0.25, -0.2) is 4.79 Å². The van der Waals surface area contributed by atoms with Crippen LogP contribution in [0.5, 0.6) is 0 Å². The van der Waals surface area contributed by atoms with Gasteiger partial charge in [-0.2, -0.15) is 0 Å². The number of carboxylic acid groups (broad SMARTS) is 1. The summed E-state index contributed by atoms with van der Waals surface area (Å²) in [6.45, 7) is 0.672. The lowest BCUT2D eigenvalue weighted by molar-refractivity contribution is -0.131. The van der Waals surface area contributed by atoms with Crippen molar-refractivity contribution in [2.24, 2.45) is 0 Å². The highest BCUT2D eigenvalue weighted by molar-refractivity contribution is 7.10. The van der Waals surface area contributed by atoms with Gasteiger partial charge in [0.2, 0.25) is 0 Å². The fourth-order valence-corrected chi connectivity index (χ4v) is 2.33. The highest BCUT2D eigenvalue weighted by Gasteiger charge is 1.99. The van der Waals surface area contributed by atoms with Gasteiger partial charge in [-0.05, 0) is 23.1 Å². The van der Waals surface area contributed by atoms with Crippen molar-refractivity contribution in [3.63, 3.8) is 0 Å². The molecule has 1 N–H and O–H groups in total. The zero-order valence-corrected chi connectivity index (χ0v) is 10.3. The van der Waals surface area contributed by atoms with E-state index in [-0.39, 0.29) is 5.43 Å². The van der Waals surface area contributed by atoms with Gasteiger partial charge in [-0.15, -0.1) is 11.3 Å². The molecule has 0 aliphatic heterocycles. The molecule has 0 atom stereocenters. The van der Waals surface area contributed by atoms with Crippen molar-refractivity contribution in [3.05, 3.63) is 62.7 Å². The summed E-state index contributed by atoms with van der Waals surface area (Å²) in [6, 6.07) is 4.96. The monoisotopic (exact) mass is 261 g/mol. The Bertz CT molecular complexity index is 619. The smallest absolute Gasteiger partial charge is 0.328 e. The Hall–Kier alpha value is -2.14. The van der Waals surface area contributed by atoms with Crippen molar-refractivity contribution in [1.29, 1.82) is 0 Å². The van der Waals surface area contributed by atoms with Crippen LogP contribution in [-0.4, -0.2) is 15.6 Å². The second kappa shape index (κ2) is 5.46. The van der Waals surface area contributed by atoms with Crippen LogP contribution in [0.2, 0.25) is 0 Å². The first-order chi connectivity index (χ1) is 8.63. The van der Waals surface area contributed by atoms with Crippen molar-refractivity contribution in [1.82, 2.24) is 4.57 Å². The van der Waals surface area contributed by atoms with E-state index in [0.29, 0.717) is 6.54 Å². The first kappa shape index (κ1) is 12.3. The Morgan fingerprint density at radius 1 is 1.39 bits per heavy atom. The lowest BCUT2D eigenvalue weighted by Crippen LogP contribution is -2.03. The van der Waals surface area contributed by atoms with E-state index in [9.17, 15) is 9.59 Å². The lowest BCUT2D eigenvalue weighted by atomic mass is 10.3. The van der Waals surface area contributed by atoms with Crippen LogP contribution in [0, 0.1) is 0 Å². The summed E-state index contributed by atoms with van der Waals surface area (Å²) >= 11 is 1.56. The van der Waals surface area contributed by atoms with Gasteiger partial charge in [0.05, 0.1) is 6.54 Å². The molecule has 0 saturated carbocycles. The fraction of sp³-hybridized carbons (Fsp3) is 0.0769. The number of pyridine rings is 1. The van der Waals surface area contributed by atoms with Crippen LogP contribution in [0.4, 0.5) is 0 Å². The number of nitrogens with zero attached hydrogens (tertiary/aromatic N) is 1. The molecule has 0 amide bonds. The number of rotatable bonds is 4. The third-order valence-corrected chi connectivity index (χ3v) is 3.23. The molecule has 2 rings (SSSR count). The minimum absolute atomic E-state index is 0.0116. The van der Waals surface area contributed by atoms with Gasteiger partial charge in [-0.3, -0.25) is 4.79 Å². The summed E-state index contributed by atoms with van der Waals surface area (Å²) in [5.74, 6) is -0.955. The molecule has 2 aromatic heterocycles. The Morgan fingerprint density at radius 2 is 2.11 bits per heavy atom. The average molecular weight is 261 g/mol. The zero-order chi connectivity index (χ0) is 13.0.